The molecule has 2 rings (SSSR count). The number of carbonyl (C=O) groups is 1. The Labute approximate surface area is 109 Å². The minimum Gasteiger partial charge on any atom is -0.397 e. The lowest BCUT2D eigenvalue weighted by Crippen LogP contribution is -2.09. The summed E-state index contributed by atoms with van der Waals surface area (Å²) in [5.74, 6) is 0.0524. The molecule has 0 aliphatic rings. The van der Waals surface area contributed by atoms with Crippen LogP contribution in [-0.4, -0.2) is 15.9 Å². The van der Waals surface area contributed by atoms with E-state index in [0.29, 0.717) is 17.1 Å². The van der Waals surface area contributed by atoms with Crippen LogP contribution >= 0.6 is 0 Å². The number of rotatable bonds is 2. The number of nitriles is 1. The van der Waals surface area contributed by atoms with Crippen LogP contribution in [-0.2, 0) is 4.79 Å². The van der Waals surface area contributed by atoms with Crippen LogP contribution in [0.15, 0.2) is 30.6 Å². The number of nitrogens with two attached hydrogens (primary N) is 1. The van der Waals surface area contributed by atoms with Gasteiger partial charge in [-0.05, 0) is 12.1 Å². The Morgan fingerprint density at radius 2 is 2.32 bits per heavy atom. The van der Waals surface area contributed by atoms with Gasteiger partial charge in [0.2, 0.25) is 5.91 Å². The Hall–Kier alpha value is -2.94. The quantitative estimate of drug-likeness (QED) is 0.844. The highest BCUT2D eigenvalue weighted by molar-refractivity contribution is 5.89. The predicted octanol–water partition coefficient (Wildman–Crippen LogP) is 1.56. The largest absolute Gasteiger partial charge is 0.397 e. The number of hydrogen-bond donors (Lipinski definition) is 2. The smallest absolute Gasteiger partial charge is 0.222 e. The molecule has 2 aromatic rings. The molecule has 0 spiro atoms. The van der Waals surface area contributed by atoms with Gasteiger partial charge in [-0.25, -0.2) is 4.98 Å². The Kier molecular flexibility index (Phi) is 3.39. The summed E-state index contributed by atoms with van der Waals surface area (Å²) >= 11 is 0. The SMILES string of the molecule is CC(=O)Nc1cc(N)c(C#N)c(-c2cccnc2)n1. The predicted molar refractivity (Wildman–Crippen MR) is 70.9 cm³/mol. The van der Waals surface area contributed by atoms with Gasteiger partial charge in [0.15, 0.2) is 0 Å². The number of pyridine rings is 2. The third-order valence-corrected chi connectivity index (χ3v) is 2.40. The zero-order valence-corrected chi connectivity index (χ0v) is 10.2. The fourth-order valence-corrected chi connectivity index (χ4v) is 1.64. The average Bonchev–Trinajstić information content (AvgIpc) is 2.38. The summed E-state index contributed by atoms with van der Waals surface area (Å²) in [6.45, 7) is 1.37. The molecule has 1 amide bonds. The van der Waals surface area contributed by atoms with Gasteiger partial charge in [0.05, 0.1) is 11.4 Å². The summed E-state index contributed by atoms with van der Waals surface area (Å²) in [6, 6.07) is 6.98. The van der Waals surface area contributed by atoms with Crippen LogP contribution in [0.5, 0.6) is 0 Å². The summed E-state index contributed by atoms with van der Waals surface area (Å²) in [5, 5.41) is 11.7. The minimum atomic E-state index is -0.256. The monoisotopic (exact) mass is 253 g/mol. The van der Waals surface area contributed by atoms with E-state index in [4.69, 9.17) is 11.0 Å². The molecule has 3 N–H and O–H groups in total. The molecule has 0 bridgehead atoms. The summed E-state index contributed by atoms with van der Waals surface area (Å²) in [7, 11) is 0. The van der Waals surface area contributed by atoms with Crippen LogP contribution in [0.3, 0.4) is 0 Å². The lowest BCUT2D eigenvalue weighted by Gasteiger charge is -2.09. The zero-order chi connectivity index (χ0) is 13.8. The molecule has 0 radical (unpaired) electrons. The van der Waals surface area contributed by atoms with Gasteiger partial charge in [0.1, 0.15) is 17.5 Å². The summed E-state index contributed by atoms with van der Waals surface area (Å²) in [5.41, 5.74) is 7.41. The van der Waals surface area contributed by atoms with Crippen molar-refractivity contribution in [3.8, 4) is 17.3 Å². The highest BCUT2D eigenvalue weighted by Crippen LogP contribution is 2.27. The van der Waals surface area contributed by atoms with E-state index in [2.05, 4.69) is 15.3 Å². The molecule has 19 heavy (non-hydrogen) atoms. The van der Waals surface area contributed by atoms with Crippen molar-refractivity contribution in [1.29, 1.82) is 5.26 Å². The molecule has 94 valence electrons. The van der Waals surface area contributed by atoms with Crippen molar-refractivity contribution in [2.75, 3.05) is 11.1 Å². The fourth-order valence-electron chi connectivity index (χ4n) is 1.64. The lowest BCUT2D eigenvalue weighted by molar-refractivity contribution is -0.114. The van der Waals surface area contributed by atoms with Crippen LogP contribution in [0.25, 0.3) is 11.3 Å². The zero-order valence-electron chi connectivity index (χ0n) is 10.2. The normalized spacial score (nSPS) is 9.68. The first-order valence-electron chi connectivity index (χ1n) is 5.50. The van der Waals surface area contributed by atoms with Gasteiger partial charge in [-0.2, -0.15) is 5.26 Å². The first-order valence-corrected chi connectivity index (χ1v) is 5.50. The molecule has 2 aromatic heterocycles. The Balaban J connectivity index is 2.61. The summed E-state index contributed by atoms with van der Waals surface area (Å²) in [6.07, 6.45) is 3.21. The third kappa shape index (κ3) is 2.66. The second-order valence-corrected chi connectivity index (χ2v) is 3.86. The van der Waals surface area contributed by atoms with E-state index in [0.717, 1.165) is 0 Å². The number of carbonyl (C=O) groups excluding carboxylic acids is 1. The van der Waals surface area contributed by atoms with Crippen LogP contribution in [0.1, 0.15) is 12.5 Å². The number of nitrogens with zero attached hydrogens (tertiary/aromatic N) is 3. The van der Waals surface area contributed by atoms with Crippen molar-refractivity contribution in [1.82, 2.24) is 9.97 Å². The molecule has 2 heterocycles. The van der Waals surface area contributed by atoms with Gasteiger partial charge in [0.25, 0.3) is 0 Å². The third-order valence-electron chi connectivity index (χ3n) is 2.40. The highest BCUT2D eigenvalue weighted by Gasteiger charge is 2.13. The molecule has 0 unspecified atom stereocenters. The van der Waals surface area contributed by atoms with Crippen LogP contribution in [0.4, 0.5) is 11.5 Å². The maximum Gasteiger partial charge on any atom is 0.222 e. The fraction of sp³-hybridized carbons (Fsp3) is 0.0769. The Bertz CT molecular complexity index is 661. The van der Waals surface area contributed by atoms with Crippen molar-refractivity contribution in [3.63, 3.8) is 0 Å². The van der Waals surface area contributed by atoms with Crippen molar-refractivity contribution in [3.05, 3.63) is 36.2 Å². The van der Waals surface area contributed by atoms with Gasteiger partial charge >= 0.3 is 0 Å². The second-order valence-electron chi connectivity index (χ2n) is 3.86. The molecule has 0 aromatic carbocycles. The van der Waals surface area contributed by atoms with Crippen LogP contribution in [0, 0.1) is 11.3 Å². The van der Waals surface area contributed by atoms with Gasteiger partial charge < -0.3 is 11.1 Å². The number of aromatic nitrogens is 2. The van der Waals surface area contributed by atoms with Gasteiger partial charge in [-0.15, -0.1) is 0 Å². The van der Waals surface area contributed by atoms with E-state index in [1.54, 1.807) is 24.5 Å². The summed E-state index contributed by atoms with van der Waals surface area (Å²) < 4.78 is 0. The molecule has 0 atom stereocenters. The molecule has 0 aliphatic carbocycles. The van der Waals surface area contributed by atoms with E-state index in [-0.39, 0.29) is 17.2 Å². The number of anilines is 2. The van der Waals surface area contributed by atoms with Gasteiger partial charge in [-0.1, -0.05) is 0 Å². The van der Waals surface area contributed by atoms with Crippen molar-refractivity contribution in [2.24, 2.45) is 0 Å². The first-order chi connectivity index (χ1) is 9.11. The van der Waals surface area contributed by atoms with E-state index >= 15 is 0 Å². The van der Waals surface area contributed by atoms with Crippen molar-refractivity contribution < 1.29 is 4.79 Å². The highest BCUT2D eigenvalue weighted by atomic mass is 16.1. The van der Waals surface area contributed by atoms with E-state index in [1.807, 2.05) is 6.07 Å². The molecule has 0 fully saturated rings. The van der Waals surface area contributed by atoms with E-state index < -0.39 is 0 Å². The average molecular weight is 253 g/mol. The molecule has 0 saturated carbocycles. The minimum absolute atomic E-state index is 0.256. The topological polar surface area (TPSA) is 105 Å². The van der Waals surface area contributed by atoms with Crippen molar-refractivity contribution in [2.45, 2.75) is 6.92 Å². The maximum atomic E-state index is 11.1. The summed E-state index contributed by atoms with van der Waals surface area (Å²) in [4.78, 5) is 19.3. The van der Waals surface area contributed by atoms with Gasteiger partial charge in [-0.3, -0.25) is 9.78 Å². The van der Waals surface area contributed by atoms with E-state index in [1.165, 1.54) is 13.0 Å². The number of nitrogens with one attached hydrogen (secondary N) is 1. The standard InChI is InChI=1S/C13H11N5O/c1-8(19)17-12-5-11(15)10(6-14)13(18-12)9-3-2-4-16-7-9/h2-5,7H,1H3,(H3,15,17,18,19). The van der Waals surface area contributed by atoms with Crippen LogP contribution < -0.4 is 11.1 Å². The molecular weight excluding hydrogens is 242 g/mol. The molecule has 6 nitrogen and oxygen atoms in total. The first kappa shape index (κ1) is 12.5. The van der Waals surface area contributed by atoms with Crippen LogP contribution in [0.2, 0.25) is 0 Å². The van der Waals surface area contributed by atoms with E-state index in [9.17, 15) is 4.79 Å². The number of amides is 1. The Morgan fingerprint density at radius 1 is 1.53 bits per heavy atom. The molecule has 0 saturated heterocycles. The maximum absolute atomic E-state index is 11.1. The van der Waals surface area contributed by atoms with Crippen molar-refractivity contribution >= 4 is 17.4 Å². The lowest BCUT2D eigenvalue weighted by atomic mass is 10.1. The molecule has 6 heteroatoms. The van der Waals surface area contributed by atoms with Gasteiger partial charge in [0, 0.05) is 30.9 Å². The Morgan fingerprint density at radius 3 is 2.89 bits per heavy atom. The number of hydrogen-bond acceptors (Lipinski definition) is 5. The molecular formula is C13H11N5O. The second kappa shape index (κ2) is 5.14. The number of nitrogen functional groups attached to an aromatic ring is 1. The molecule has 0 aliphatic heterocycles.